The Hall–Kier alpha value is -1.70. The molecule has 0 spiro atoms. The number of ether oxygens (including phenoxy) is 2. The topological polar surface area (TPSA) is 72.5 Å². The van der Waals surface area contributed by atoms with Crippen LogP contribution in [0.1, 0.15) is 36.4 Å². The van der Waals surface area contributed by atoms with Gasteiger partial charge in [0.25, 0.3) is 0 Å². The van der Waals surface area contributed by atoms with Crippen molar-refractivity contribution in [3.05, 3.63) is 57.8 Å². The molecule has 0 radical (unpaired) electrons. The molecule has 0 aliphatic carbocycles. The molecular weight excluding hydrogens is 449 g/mol. The molecule has 2 bridgehead atoms. The molecule has 1 aromatic carbocycles. The summed E-state index contributed by atoms with van der Waals surface area (Å²) >= 11 is 12.2. The molecule has 32 heavy (non-hydrogen) atoms. The maximum Gasteiger partial charge on any atom is 0.230 e. The second-order valence-electron chi connectivity index (χ2n) is 8.93. The van der Waals surface area contributed by atoms with E-state index in [0.717, 1.165) is 43.7 Å². The van der Waals surface area contributed by atoms with Crippen LogP contribution in [0.3, 0.4) is 0 Å². The lowest BCUT2D eigenvalue weighted by molar-refractivity contribution is -0.121. The average Bonchev–Trinajstić information content (AvgIpc) is 3.35. The fourth-order valence-corrected chi connectivity index (χ4v) is 5.67. The standard InChI is InChI=1S/C24H27Cl2N3O3/c1-13-10-14(4-7-27-13)21-22(24(30)29-16-2-3-17(25)18(26)11-16)20-12-19(23(21)32-20)28-15-5-8-31-9-6-15/h2-4,7,10-11,15,19-23,28H,5-6,8-9,12H2,1H3,(H,29,30)/t19-,20-,21-,22+,23+/m1/s1. The number of halogens is 2. The van der Waals surface area contributed by atoms with E-state index in [4.69, 9.17) is 32.7 Å². The molecule has 3 aliphatic heterocycles. The molecule has 3 fully saturated rings. The predicted molar refractivity (Wildman–Crippen MR) is 124 cm³/mol. The fraction of sp³-hybridized carbons (Fsp3) is 0.500. The van der Waals surface area contributed by atoms with Crippen LogP contribution in [0, 0.1) is 12.8 Å². The van der Waals surface area contributed by atoms with Crippen molar-refractivity contribution in [1.82, 2.24) is 10.3 Å². The van der Waals surface area contributed by atoms with Gasteiger partial charge < -0.3 is 20.1 Å². The van der Waals surface area contributed by atoms with Crippen molar-refractivity contribution >= 4 is 34.8 Å². The monoisotopic (exact) mass is 475 g/mol. The molecule has 1 amide bonds. The Bertz CT molecular complexity index is 998. The molecular formula is C24H27Cl2N3O3. The van der Waals surface area contributed by atoms with Crippen molar-refractivity contribution in [2.75, 3.05) is 18.5 Å². The van der Waals surface area contributed by atoms with Crippen LogP contribution >= 0.6 is 23.2 Å². The van der Waals surface area contributed by atoms with Gasteiger partial charge in [0, 0.05) is 48.8 Å². The number of amides is 1. The minimum Gasteiger partial charge on any atom is -0.381 e. The van der Waals surface area contributed by atoms with Gasteiger partial charge in [0.05, 0.1) is 28.2 Å². The van der Waals surface area contributed by atoms with Crippen molar-refractivity contribution in [1.29, 1.82) is 0 Å². The van der Waals surface area contributed by atoms with Crippen LogP contribution in [0.25, 0.3) is 0 Å². The molecule has 3 aliphatic rings. The summed E-state index contributed by atoms with van der Waals surface area (Å²) in [5.74, 6) is -0.389. The molecule has 2 aromatic rings. The van der Waals surface area contributed by atoms with E-state index in [1.165, 1.54) is 0 Å². The molecule has 8 heteroatoms. The van der Waals surface area contributed by atoms with Gasteiger partial charge >= 0.3 is 0 Å². The number of fused-ring (bicyclic) bond motifs is 2. The Morgan fingerprint density at radius 3 is 2.69 bits per heavy atom. The zero-order chi connectivity index (χ0) is 22.2. The van der Waals surface area contributed by atoms with Gasteiger partial charge in [-0.25, -0.2) is 0 Å². The number of pyridine rings is 1. The summed E-state index contributed by atoms with van der Waals surface area (Å²) in [6.07, 6.45) is 4.45. The first kappa shape index (κ1) is 22.1. The normalized spacial score (nSPS) is 29.9. The van der Waals surface area contributed by atoms with Crippen molar-refractivity contribution in [3.8, 4) is 0 Å². The van der Waals surface area contributed by atoms with E-state index in [0.29, 0.717) is 21.8 Å². The van der Waals surface area contributed by atoms with Gasteiger partial charge in [-0.1, -0.05) is 23.2 Å². The van der Waals surface area contributed by atoms with E-state index in [1.807, 2.05) is 19.2 Å². The third-order valence-electron chi connectivity index (χ3n) is 6.82. The summed E-state index contributed by atoms with van der Waals surface area (Å²) < 4.78 is 11.9. The lowest BCUT2D eigenvalue weighted by Gasteiger charge is -2.35. The number of nitrogens with one attached hydrogen (secondary N) is 2. The van der Waals surface area contributed by atoms with Crippen LogP contribution < -0.4 is 10.6 Å². The molecule has 170 valence electrons. The number of nitrogens with zero attached hydrogens (tertiary/aromatic N) is 1. The zero-order valence-electron chi connectivity index (χ0n) is 17.9. The van der Waals surface area contributed by atoms with E-state index >= 15 is 0 Å². The van der Waals surface area contributed by atoms with E-state index in [9.17, 15) is 4.79 Å². The Balaban J connectivity index is 1.39. The van der Waals surface area contributed by atoms with Gasteiger partial charge in [-0.05, 0) is 62.1 Å². The van der Waals surface area contributed by atoms with Gasteiger partial charge in [0.15, 0.2) is 0 Å². The average molecular weight is 476 g/mol. The molecule has 0 unspecified atom stereocenters. The number of carbonyl (C=O) groups excluding carboxylic acids is 1. The van der Waals surface area contributed by atoms with Crippen molar-refractivity contribution in [2.24, 2.45) is 5.92 Å². The maximum absolute atomic E-state index is 13.4. The number of anilines is 1. The summed E-state index contributed by atoms with van der Waals surface area (Å²) in [5.41, 5.74) is 2.66. The highest BCUT2D eigenvalue weighted by Crippen LogP contribution is 2.49. The van der Waals surface area contributed by atoms with Crippen molar-refractivity contribution < 1.29 is 14.3 Å². The van der Waals surface area contributed by atoms with Gasteiger partial charge in [-0.15, -0.1) is 0 Å². The molecule has 6 nitrogen and oxygen atoms in total. The largest absolute Gasteiger partial charge is 0.381 e. The second kappa shape index (κ2) is 9.27. The highest BCUT2D eigenvalue weighted by molar-refractivity contribution is 6.42. The maximum atomic E-state index is 13.4. The number of benzene rings is 1. The molecule has 3 saturated heterocycles. The van der Waals surface area contributed by atoms with Gasteiger partial charge in [0.2, 0.25) is 5.91 Å². The molecule has 1 aromatic heterocycles. The van der Waals surface area contributed by atoms with Gasteiger partial charge in [0.1, 0.15) is 0 Å². The summed E-state index contributed by atoms with van der Waals surface area (Å²) in [6, 6.07) is 9.86. The minimum absolute atomic E-state index is 0.0458. The molecule has 0 saturated carbocycles. The summed E-state index contributed by atoms with van der Waals surface area (Å²) in [4.78, 5) is 17.8. The van der Waals surface area contributed by atoms with Crippen molar-refractivity contribution in [3.63, 3.8) is 0 Å². The number of rotatable bonds is 5. The molecule has 5 atom stereocenters. The summed E-state index contributed by atoms with van der Waals surface area (Å²) in [5, 5.41) is 7.71. The number of aryl methyl sites for hydroxylation is 1. The third kappa shape index (κ3) is 4.39. The number of hydrogen-bond acceptors (Lipinski definition) is 5. The lowest BCUT2D eigenvalue weighted by atomic mass is 9.72. The fourth-order valence-electron chi connectivity index (χ4n) is 5.37. The Morgan fingerprint density at radius 2 is 1.94 bits per heavy atom. The zero-order valence-corrected chi connectivity index (χ0v) is 19.4. The number of carbonyl (C=O) groups is 1. The van der Waals surface area contributed by atoms with Crippen LogP contribution in [0.15, 0.2) is 36.5 Å². The minimum atomic E-state index is -0.288. The van der Waals surface area contributed by atoms with Crippen LogP contribution in [-0.4, -0.2) is 48.4 Å². The molecule has 5 rings (SSSR count). The predicted octanol–water partition coefficient (Wildman–Crippen LogP) is 4.34. The summed E-state index contributed by atoms with van der Waals surface area (Å²) in [6.45, 7) is 3.56. The van der Waals surface area contributed by atoms with Crippen LogP contribution in [-0.2, 0) is 14.3 Å². The van der Waals surface area contributed by atoms with Crippen LogP contribution in [0.4, 0.5) is 5.69 Å². The van der Waals surface area contributed by atoms with Gasteiger partial charge in [-0.3, -0.25) is 9.78 Å². The highest BCUT2D eigenvalue weighted by Gasteiger charge is 2.57. The van der Waals surface area contributed by atoms with Crippen LogP contribution in [0.5, 0.6) is 0 Å². The first-order valence-electron chi connectivity index (χ1n) is 11.2. The first-order valence-corrected chi connectivity index (χ1v) is 11.9. The van der Waals surface area contributed by atoms with Crippen LogP contribution in [0.2, 0.25) is 10.0 Å². The smallest absolute Gasteiger partial charge is 0.230 e. The quantitative estimate of drug-likeness (QED) is 0.672. The second-order valence-corrected chi connectivity index (χ2v) is 9.75. The van der Waals surface area contributed by atoms with E-state index in [2.05, 4.69) is 21.7 Å². The third-order valence-corrected chi connectivity index (χ3v) is 7.56. The SMILES string of the molecule is Cc1cc([C@H]2[C@H]3O[C@H](C[C@H]3NC3CCOCC3)[C@@H]2C(=O)Nc2ccc(Cl)c(Cl)c2)ccn1. The molecule has 4 heterocycles. The lowest BCUT2D eigenvalue weighted by Crippen LogP contribution is -2.50. The van der Waals surface area contributed by atoms with E-state index < -0.39 is 0 Å². The van der Waals surface area contributed by atoms with E-state index in [1.54, 1.807) is 18.2 Å². The first-order chi connectivity index (χ1) is 15.5. The Morgan fingerprint density at radius 1 is 1.12 bits per heavy atom. The van der Waals surface area contributed by atoms with Gasteiger partial charge in [-0.2, -0.15) is 0 Å². The van der Waals surface area contributed by atoms with E-state index in [-0.39, 0.29) is 36.0 Å². The Labute approximate surface area is 198 Å². The van der Waals surface area contributed by atoms with Crippen molar-refractivity contribution in [2.45, 2.75) is 56.4 Å². The number of hydrogen-bond donors (Lipinski definition) is 2. The Kier molecular flexibility index (Phi) is 6.41. The molecule has 2 N–H and O–H groups in total. The highest BCUT2D eigenvalue weighted by atomic mass is 35.5. The number of aromatic nitrogens is 1. The summed E-state index contributed by atoms with van der Waals surface area (Å²) in [7, 11) is 0.